The van der Waals surface area contributed by atoms with Crippen LogP contribution in [0.5, 0.6) is 5.75 Å². The Bertz CT molecular complexity index is 532. The second-order valence-corrected chi connectivity index (χ2v) is 5.78. The number of methoxy groups -OCH3 is 1. The molecule has 0 bridgehead atoms. The molecular formula is C14H18N2OS. The van der Waals surface area contributed by atoms with Gasteiger partial charge in [-0.05, 0) is 18.2 Å². The summed E-state index contributed by atoms with van der Waals surface area (Å²) in [6.07, 6.45) is 0. The van der Waals surface area contributed by atoms with Gasteiger partial charge < -0.3 is 10.1 Å². The van der Waals surface area contributed by atoms with Crippen LogP contribution >= 0.6 is 11.3 Å². The van der Waals surface area contributed by atoms with Gasteiger partial charge in [-0.2, -0.15) is 0 Å². The van der Waals surface area contributed by atoms with Crippen LogP contribution in [0, 0.1) is 0 Å². The number of ether oxygens (including phenoxy) is 1. The first-order valence-corrected chi connectivity index (χ1v) is 7.17. The topological polar surface area (TPSA) is 24.5 Å². The number of thiophene rings is 1. The Labute approximate surface area is 111 Å². The molecule has 4 heteroatoms. The lowest BCUT2D eigenvalue weighted by Crippen LogP contribution is -2.42. The average Bonchev–Trinajstić information content (AvgIpc) is 2.82. The molecule has 1 aromatic heterocycles. The summed E-state index contributed by atoms with van der Waals surface area (Å²) in [7, 11) is 1.74. The normalized spacial score (nSPS) is 17.2. The van der Waals surface area contributed by atoms with Crippen LogP contribution in [0.2, 0.25) is 0 Å². The molecule has 18 heavy (non-hydrogen) atoms. The van der Waals surface area contributed by atoms with Gasteiger partial charge in [-0.25, -0.2) is 0 Å². The first-order valence-electron chi connectivity index (χ1n) is 6.35. The van der Waals surface area contributed by atoms with Crippen LogP contribution in [-0.2, 0) is 6.54 Å². The number of nitrogens with zero attached hydrogens (tertiary/aromatic N) is 1. The van der Waals surface area contributed by atoms with Gasteiger partial charge in [0.15, 0.2) is 0 Å². The number of hydrogen-bond acceptors (Lipinski definition) is 4. The highest BCUT2D eigenvalue weighted by molar-refractivity contribution is 7.19. The lowest BCUT2D eigenvalue weighted by molar-refractivity contribution is 0.235. The molecule has 0 atom stereocenters. The summed E-state index contributed by atoms with van der Waals surface area (Å²) in [4.78, 5) is 3.93. The third kappa shape index (κ3) is 2.36. The summed E-state index contributed by atoms with van der Waals surface area (Å²) >= 11 is 1.88. The van der Waals surface area contributed by atoms with E-state index in [4.69, 9.17) is 4.74 Å². The SMILES string of the molecule is COc1cccc2sc(CN3CCNCC3)cc12. The van der Waals surface area contributed by atoms with Crippen molar-refractivity contribution in [1.82, 2.24) is 10.2 Å². The molecule has 3 nitrogen and oxygen atoms in total. The number of nitrogens with one attached hydrogen (secondary N) is 1. The van der Waals surface area contributed by atoms with E-state index in [1.807, 2.05) is 17.4 Å². The molecule has 2 heterocycles. The zero-order valence-corrected chi connectivity index (χ0v) is 11.4. The predicted molar refractivity (Wildman–Crippen MR) is 76.5 cm³/mol. The Morgan fingerprint density at radius 3 is 2.94 bits per heavy atom. The molecule has 1 aromatic carbocycles. The van der Waals surface area contributed by atoms with Crippen LogP contribution in [0.15, 0.2) is 24.3 Å². The van der Waals surface area contributed by atoms with Gasteiger partial charge in [0.1, 0.15) is 5.75 Å². The molecule has 2 aromatic rings. The Balaban J connectivity index is 1.84. The fourth-order valence-electron chi connectivity index (χ4n) is 2.43. The maximum Gasteiger partial charge on any atom is 0.127 e. The minimum Gasteiger partial charge on any atom is -0.496 e. The summed E-state index contributed by atoms with van der Waals surface area (Å²) in [5, 5.41) is 4.63. The van der Waals surface area contributed by atoms with Crippen LogP contribution in [-0.4, -0.2) is 38.2 Å². The number of rotatable bonds is 3. The van der Waals surface area contributed by atoms with E-state index in [1.54, 1.807) is 7.11 Å². The molecule has 0 amide bonds. The van der Waals surface area contributed by atoms with Crippen molar-refractivity contribution in [1.29, 1.82) is 0 Å². The van der Waals surface area contributed by atoms with Gasteiger partial charge in [-0.1, -0.05) is 6.07 Å². The first kappa shape index (κ1) is 12.0. The second-order valence-electron chi connectivity index (χ2n) is 4.61. The van der Waals surface area contributed by atoms with E-state index in [-0.39, 0.29) is 0 Å². The smallest absolute Gasteiger partial charge is 0.127 e. The highest BCUT2D eigenvalue weighted by Crippen LogP contribution is 2.33. The van der Waals surface area contributed by atoms with Crippen LogP contribution in [0.1, 0.15) is 4.88 Å². The maximum atomic E-state index is 5.41. The number of piperazine rings is 1. The van der Waals surface area contributed by atoms with Crippen molar-refractivity contribution in [3.63, 3.8) is 0 Å². The molecule has 1 aliphatic heterocycles. The van der Waals surface area contributed by atoms with Crippen molar-refractivity contribution in [3.05, 3.63) is 29.1 Å². The van der Waals surface area contributed by atoms with E-state index in [0.717, 1.165) is 38.5 Å². The quantitative estimate of drug-likeness (QED) is 0.918. The monoisotopic (exact) mass is 262 g/mol. The van der Waals surface area contributed by atoms with E-state index in [2.05, 4.69) is 28.4 Å². The predicted octanol–water partition coefficient (Wildman–Crippen LogP) is 2.32. The van der Waals surface area contributed by atoms with E-state index < -0.39 is 0 Å². The average molecular weight is 262 g/mol. The molecular weight excluding hydrogens is 244 g/mol. The lowest BCUT2D eigenvalue weighted by Gasteiger charge is -2.26. The molecule has 1 fully saturated rings. The van der Waals surface area contributed by atoms with Crippen molar-refractivity contribution in [3.8, 4) is 5.75 Å². The van der Waals surface area contributed by atoms with E-state index in [9.17, 15) is 0 Å². The van der Waals surface area contributed by atoms with Crippen LogP contribution in [0.3, 0.4) is 0 Å². The zero-order valence-electron chi connectivity index (χ0n) is 10.6. The summed E-state index contributed by atoms with van der Waals surface area (Å²) in [5.41, 5.74) is 0. The van der Waals surface area contributed by atoms with E-state index in [1.165, 1.54) is 15.0 Å². The second kappa shape index (κ2) is 5.26. The van der Waals surface area contributed by atoms with Crippen molar-refractivity contribution in [2.45, 2.75) is 6.54 Å². The van der Waals surface area contributed by atoms with Gasteiger partial charge in [0.25, 0.3) is 0 Å². The molecule has 1 saturated heterocycles. The molecule has 0 saturated carbocycles. The first-order chi connectivity index (χ1) is 8.86. The fraction of sp³-hybridized carbons (Fsp3) is 0.429. The summed E-state index contributed by atoms with van der Waals surface area (Å²) < 4.78 is 6.73. The van der Waals surface area contributed by atoms with Gasteiger partial charge in [-0.3, -0.25) is 4.90 Å². The Kier molecular flexibility index (Phi) is 3.50. The summed E-state index contributed by atoms with van der Waals surface area (Å²) in [5.74, 6) is 0.982. The molecule has 0 unspecified atom stereocenters. The number of hydrogen-bond donors (Lipinski definition) is 1. The largest absolute Gasteiger partial charge is 0.496 e. The van der Waals surface area contributed by atoms with Crippen LogP contribution < -0.4 is 10.1 Å². The zero-order chi connectivity index (χ0) is 12.4. The van der Waals surface area contributed by atoms with Crippen molar-refractivity contribution >= 4 is 21.4 Å². The van der Waals surface area contributed by atoms with Gasteiger partial charge in [-0.15, -0.1) is 11.3 Å². The van der Waals surface area contributed by atoms with Gasteiger partial charge >= 0.3 is 0 Å². The highest BCUT2D eigenvalue weighted by Gasteiger charge is 2.12. The van der Waals surface area contributed by atoms with Crippen molar-refractivity contribution < 1.29 is 4.74 Å². The lowest BCUT2D eigenvalue weighted by atomic mass is 10.2. The molecule has 3 rings (SSSR count). The van der Waals surface area contributed by atoms with Crippen LogP contribution in [0.4, 0.5) is 0 Å². The minimum absolute atomic E-state index is 0.982. The molecule has 1 N–H and O–H groups in total. The maximum absolute atomic E-state index is 5.41. The Morgan fingerprint density at radius 2 is 2.17 bits per heavy atom. The summed E-state index contributed by atoms with van der Waals surface area (Å²) in [6.45, 7) is 5.56. The van der Waals surface area contributed by atoms with Crippen molar-refractivity contribution in [2.75, 3.05) is 33.3 Å². The number of fused-ring (bicyclic) bond motifs is 1. The van der Waals surface area contributed by atoms with E-state index in [0.29, 0.717) is 0 Å². The molecule has 0 spiro atoms. The van der Waals surface area contributed by atoms with Gasteiger partial charge in [0.2, 0.25) is 0 Å². The number of benzene rings is 1. The third-order valence-electron chi connectivity index (χ3n) is 3.38. The fourth-order valence-corrected chi connectivity index (χ4v) is 3.55. The molecule has 0 aliphatic carbocycles. The van der Waals surface area contributed by atoms with E-state index >= 15 is 0 Å². The molecule has 96 valence electrons. The third-order valence-corrected chi connectivity index (χ3v) is 4.47. The van der Waals surface area contributed by atoms with Crippen molar-refractivity contribution in [2.24, 2.45) is 0 Å². The Morgan fingerprint density at radius 1 is 1.33 bits per heavy atom. The highest BCUT2D eigenvalue weighted by atomic mass is 32.1. The minimum atomic E-state index is 0.982. The molecule has 1 aliphatic rings. The van der Waals surface area contributed by atoms with Gasteiger partial charge in [0, 0.05) is 47.7 Å². The van der Waals surface area contributed by atoms with Crippen LogP contribution in [0.25, 0.3) is 10.1 Å². The van der Waals surface area contributed by atoms with Gasteiger partial charge in [0.05, 0.1) is 7.11 Å². The molecule has 0 radical (unpaired) electrons. The standard InChI is InChI=1S/C14H18N2OS/c1-17-13-3-2-4-14-12(13)9-11(18-14)10-16-7-5-15-6-8-16/h2-4,9,15H,5-8,10H2,1H3. The summed E-state index contributed by atoms with van der Waals surface area (Å²) in [6, 6.07) is 8.54. The Hall–Kier alpha value is -1.10.